The van der Waals surface area contributed by atoms with E-state index in [-0.39, 0.29) is 0 Å². The van der Waals surface area contributed by atoms with Gasteiger partial charge in [0.25, 0.3) is 0 Å². The van der Waals surface area contributed by atoms with E-state index in [1.807, 2.05) is 48.5 Å². The number of fused-ring (bicyclic) bond motifs is 5. The number of rotatable bonds is 6. The minimum Gasteiger partial charge on any atom is -0.310 e. The Morgan fingerprint density at radius 3 is 1.20 bits per heavy atom. The van der Waals surface area contributed by atoms with Crippen LogP contribution in [0.25, 0.3) is 37.2 Å². The molecule has 0 aliphatic heterocycles. The highest BCUT2D eigenvalue weighted by molar-refractivity contribution is 6.24. The Balaban J connectivity index is 1.45. The quantitative estimate of drug-likeness (QED) is 0.134. The van der Waals surface area contributed by atoms with Gasteiger partial charge in [0, 0.05) is 33.5 Å². The average Bonchev–Trinajstić information content (AvgIpc) is 3.17. The highest BCUT2D eigenvalue weighted by Crippen LogP contribution is 2.47. The van der Waals surface area contributed by atoms with Crippen LogP contribution in [0, 0.1) is 31.8 Å². The molecule has 0 aliphatic rings. The molecule has 50 heavy (non-hydrogen) atoms. The second kappa shape index (κ2) is 12.6. The molecule has 0 saturated carbocycles. The summed E-state index contributed by atoms with van der Waals surface area (Å²) in [5.74, 6) is 0. The zero-order chi connectivity index (χ0) is 34.2. The maximum Gasteiger partial charge on any atom is 0.187 e. The van der Waals surface area contributed by atoms with Crippen molar-refractivity contribution in [3.05, 3.63) is 186 Å². The third kappa shape index (κ3) is 5.36. The van der Waals surface area contributed by atoms with Crippen LogP contribution in [-0.4, -0.2) is 0 Å². The summed E-state index contributed by atoms with van der Waals surface area (Å²) >= 11 is 0. The standard InChI is InChI=1S/C46H32N4/c1-31-12-20-35(21-13-31)49(37-24-16-33(30-47)17-25-37)45-28-43-40-9-5-7-11-42(40)46(29-44(43)39-8-4-6-10-41(39)45)50(36-22-14-32(2)15-23-36)38-26-18-34(48-3)19-27-38/h4-29H,1-2H3. The third-order valence-electron chi connectivity index (χ3n) is 9.40. The predicted octanol–water partition coefficient (Wildman–Crippen LogP) is 13.1. The summed E-state index contributed by atoms with van der Waals surface area (Å²) < 4.78 is 0. The van der Waals surface area contributed by atoms with Crippen LogP contribution >= 0.6 is 0 Å². The summed E-state index contributed by atoms with van der Waals surface area (Å²) in [7, 11) is 0. The fourth-order valence-electron chi connectivity index (χ4n) is 6.89. The van der Waals surface area contributed by atoms with E-state index in [4.69, 9.17) is 6.57 Å². The van der Waals surface area contributed by atoms with Crippen LogP contribution in [0.4, 0.5) is 39.8 Å². The fourth-order valence-corrected chi connectivity index (χ4v) is 6.89. The van der Waals surface area contributed by atoms with Crippen LogP contribution < -0.4 is 9.80 Å². The maximum atomic E-state index is 9.56. The van der Waals surface area contributed by atoms with Crippen LogP contribution in [0.5, 0.6) is 0 Å². The fraction of sp³-hybridized carbons (Fsp3) is 0.0435. The van der Waals surface area contributed by atoms with Gasteiger partial charge in [-0.15, -0.1) is 0 Å². The Labute approximate surface area is 292 Å². The van der Waals surface area contributed by atoms with Crippen LogP contribution in [0.15, 0.2) is 158 Å². The van der Waals surface area contributed by atoms with E-state index < -0.39 is 0 Å². The van der Waals surface area contributed by atoms with Crippen molar-refractivity contribution < 1.29 is 0 Å². The Morgan fingerprint density at radius 1 is 0.460 bits per heavy atom. The van der Waals surface area contributed by atoms with Crippen molar-refractivity contribution in [2.45, 2.75) is 13.8 Å². The van der Waals surface area contributed by atoms with Crippen molar-refractivity contribution in [1.29, 1.82) is 5.26 Å². The number of aryl methyl sites for hydroxylation is 2. The number of hydrogen-bond donors (Lipinski definition) is 0. The van der Waals surface area contributed by atoms with Crippen LogP contribution in [-0.2, 0) is 0 Å². The molecule has 8 aromatic rings. The van der Waals surface area contributed by atoms with E-state index in [1.54, 1.807) is 0 Å². The number of nitrogens with zero attached hydrogens (tertiary/aromatic N) is 4. The first-order chi connectivity index (χ1) is 24.5. The molecule has 0 N–H and O–H groups in total. The number of nitriles is 1. The highest BCUT2D eigenvalue weighted by atomic mass is 15.2. The lowest BCUT2D eigenvalue weighted by Gasteiger charge is -2.30. The van der Waals surface area contributed by atoms with Gasteiger partial charge in [0.15, 0.2) is 5.69 Å². The monoisotopic (exact) mass is 640 g/mol. The second-order valence-electron chi connectivity index (χ2n) is 12.6. The van der Waals surface area contributed by atoms with Crippen molar-refractivity contribution in [2.24, 2.45) is 0 Å². The molecule has 0 radical (unpaired) electrons. The molecule has 236 valence electrons. The Bertz CT molecular complexity index is 2420. The van der Waals surface area contributed by atoms with Gasteiger partial charge in [0.05, 0.1) is 29.6 Å². The van der Waals surface area contributed by atoms with Crippen LogP contribution in [0.2, 0.25) is 0 Å². The molecular formula is C46H32N4. The SMILES string of the molecule is [C-]#[N+]c1ccc(N(c2ccc(C)cc2)c2cc3c4ccccc4c(N(c4ccc(C)cc4)c4ccc(C#N)cc4)cc3c3ccccc23)cc1. The van der Waals surface area contributed by atoms with Crippen molar-refractivity contribution in [3.8, 4) is 6.07 Å². The van der Waals surface area contributed by atoms with Crippen LogP contribution in [0.1, 0.15) is 16.7 Å². The van der Waals surface area contributed by atoms with Gasteiger partial charge < -0.3 is 9.80 Å². The van der Waals surface area contributed by atoms with E-state index in [0.29, 0.717) is 11.3 Å². The smallest absolute Gasteiger partial charge is 0.187 e. The second-order valence-corrected chi connectivity index (χ2v) is 12.6. The van der Waals surface area contributed by atoms with E-state index in [2.05, 4.69) is 144 Å². The number of hydrogen-bond acceptors (Lipinski definition) is 3. The predicted molar refractivity (Wildman–Crippen MR) is 209 cm³/mol. The highest BCUT2D eigenvalue weighted by Gasteiger charge is 2.22. The third-order valence-corrected chi connectivity index (χ3v) is 9.40. The molecule has 0 atom stereocenters. The molecule has 8 rings (SSSR count). The van der Waals surface area contributed by atoms with E-state index in [1.165, 1.54) is 11.1 Å². The summed E-state index contributed by atoms with van der Waals surface area (Å²) in [6.07, 6.45) is 0. The van der Waals surface area contributed by atoms with Crippen molar-refractivity contribution >= 4 is 72.1 Å². The van der Waals surface area contributed by atoms with Gasteiger partial charge in [0.2, 0.25) is 0 Å². The summed E-state index contributed by atoms with van der Waals surface area (Å²) in [5, 5.41) is 16.4. The lowest BCUT2D eigenvalue weighted by molar-refractivity contribution is 1.29. The first kappa shape index (κ1) is 30.5. The van der Waals surface area contributed by atoms with E-state index >= 15 is 0 Å². The van der Waals surface area contributed by atoms with Gasteiger partial charge in [-0.1, -0.05) is 96.1 Å². The number of benzene rings is 8. The molecule has 8 aromatic carbocycles. The van der Waals surface area contributed by atoms with E-state index in [9.17, 15) is 5.26 Å². The lowest BCUT2D eigenvalue weighted by Crippen LogP contribution is -2.12. The summed E-state index contributed by atoms with van der Waals surface area (Å²) in [4.78, 5) is 8.24. The summed E-state index contributed by atoms with van der Waals surface area (Å²) in [6, 6.07) is 57.0. The normalized spacial score (nSPS) is 11.0. The van der Waals surface area contributed by atoms with Crippen molar-refractivity contribution in [1.82, 2.24) is 0 Å². The first-order valence-corrected chi connectivity index (χ1v) is 16.6. The summed E-state index contributed by atoms with van der Waals surface area (Å²) in [6.45, 7) is 11.7. The Kier molecular flexibility index (Phi) is 7.69. The minimum absolute atomic E-state index is 0.611. The largest absolute Gasteiger partial charge is 0.310 e. The summed E-state index contributed by atoms with van der Waals surface area (Å²) in [5.41, 5.74) is 9.79. The lowest BCUT2D eigenvalue weighted by atomic mass is 9.93. The number of anilines is 6. The Hall–Kier alpha value is -6.88. The molecule has 0 aliphatic carbocycles. The van der Waals surface area contributed by atoms with Gasteiger partial charge in [-0.2, -0.15) is 5.26 Å². The molecule has 0 amide bonds. The molecule has 4 heteroatoms. The van der Waals surface area contributed by atoms with Gasteiger partial charge in [0.1, 0.15) is 0 Å². The maximum absolute atomic E-state index is 9.56. The Morgan fingerprint density at radius 2 is 0.820 bits per heavy atom. The van der Waals surface area contributed by atoms with Crippen LogP contribution in [0.3, 0.4) is 0 Å². The van der Waals surface area contributed by atoms with Crippen molar-refractivity contribution in [3.63, 3.8) is 0 Å². The minimum atomic E-state index is 0.611. The molecule has 4 nitrogen and oxygen atoms in total. The molecule has 0 saturated heterocycles. The molecule has 0 fully saturated rings. The molecule has 0 bridgehead atoms. The van der Waals surface area contributed by atoms with Gasteiger partial charge in [-0.05, 0) is 108 Å². The molecule has 0 heterocycles. The van der Waals surface area contributed by atoms with E-state index in [0.717, 1.165) is 66.4 Å². The molecular weight excluding hydrogens is 609 g/mol. The first-order valence-electron chi connectivity index (χ1n) is 16.6. The zero-order valence-corrected chi connectivity index (χ0v) is 27.8. The average molecular weight is 641 g/mol. The molecule has 0 aromatic heterocycles. The van der Waals surface area contributed by atoms with Crippen molar-refractivity contribution in [2.75, 3.05) is 9.80 Å². The van der Waals surface area contributed by atoms with Gasteiger partial charge >= 0.3 is 0 Å². The molecule has 0 spiro atoms. The van der Waals surface area contributed by atoms with Gasteiger partial charge in [-0.25, -0.2) is 4.85 Å². The topological polar surface area (TPSA) is 34.6 Å². The van der Waals surface area contributed by atoms with Gasteiger partial charge in [-0.3, -0.25) is 0 Å². The molecule has 0 unspecified atom stereocenters. The zero-order valence-electron chi connectivity index (χ0n) is 27.8.